The highest BCUT2D eigenvalue weighted by molar-refractivity contribution is 7.99. The number of thioether (sulfide) groups is 1. The SMILES string of the molecule is CC(N)(Cc1ccccc1)C(=O)N1CCSCC1.Cl. The number of amides is 1. The number of nitrogens with zero attached hydrogens (tertiary/aromatic N) is 1. The molecule has 0 bridgehead atoms. The molecule has 2 N–H and O–H groups in total. The standard InChI is InChI=1S/C14H20N2OS.ClH/c1-14(15,11-12-5-3-2-4-6-12)13(17)16-7-9-18-10-8-16;/h2-6H,7-11,15H2,1H3;1H. The molecule has 1 saturated heterocycles. The third-order valence-electron chi connectivity index (χ3n) is 3.20. The molecule has 1 fully saturated rings. The molecule has 2 rings (SSSR count). The average Bonchev–Trinajstić information content (AvgIpc) is 2.39. The highest BCUT2D eigenvalue weighted by Crippen LogP contribution is 2.17. The Kier molecular flexibility index (Phi) is 6.17. The number of nitrogens with two attached hydrogens (primary N) is 1. The topological polar surface area (TPSA) is 46.3 Å². The van der Waals surface area contributed by atoms with E-state index in [-0.39, 0.29) is 18.3 Å². The third-order valence-corrected chi connectivity index (χ3v) is 4.14. The zero-order chi connectivity index (χ0) is 13.0. The molecule has 1 aromatic carbocycles. The van der Waals surface area contributed by atoms with E-state index in [1.165, 1.54) is 0 Å². The van der Waals surface area contributed by atoms with Crippen molar-refractivity contribution in [1.82, 2.24) is 4.90 Å². The van der Waals surface area contributed by atoms with Gasteiger partial charge < -0.3 is 10.6 Å². The summed E-state index contributed by atoms with van der Waals surface area (Å²) in [4.78, 5) is 14.3. The lowest BCUT2D eigenvalue weighted by molar-refractivity contribution is -0.136. The van der Waals surface area contributed by atoms with Crippen molar-refractivity contribution < 1.29 is 4.79 Å². The van der Waals surface area contributed by atoms with Gasteiger partial charge in [-0.25, -0.2) is 0 Å². The van der Waals surface area contributed by atoms with Gasteiger partial charge in [0.25, 0.3) is 0 Å². The van der Waals surface area contributed by atoms with E-state index in [4.69, 9.17) is 5.73 Å². The van der Waals surface area contributed by atoms with Crippen molar-refractivity contribution in [1.29, 1.82) is 0 Å². The molecule has 106 valence electrons. The molecule has 0 saturated carbocycles. The minimum absolute atomic E-state index is 0. The first kappa shape index (κ1) is 16.3. The van der Waals surface area contributed by atoms with Crippen molar-refractivity contribution in [2.75, 3.05) is 24.6 Å². The predicted octanol–water partition coefficient (Wildman–Crippen LogP) is 1.94. The van der Waals surface area contributed by atoms with E-state index in [0.29, 0.717) is 6.42 Å². The molecule has 1 heterocycles. The Morgan fingerprint density at radius 3 is 2.47 bits per heavy atom. The van der Waals surface area contributed by atoms with Crippen LogP contribution in [0.15, 0.2) is 30.3 Å². The van der Waals surface area contributed by atoms with Gasteiger partial charge in [-0.1, -0.05) is 30.3 Å². The van der Waals surface area contributed by atoms with Crippen LogP contribution in [0.4, 0.5) is 0 Å². The van der Waals surface area contributed by atoms with Crippen molar-refractivity contribution in [3.63, 3.8) is 0 Å². The lowest BCUT2D eigenvalue weighted by atomic mass is 9.92. The lowest BCUT2D eigenvalue weighted by Crippen LogP contribution is -2.56. The monoisotopic (exact) mass is 300 g/mol. The van der Waals surface area contributed by atoms with Crippen LogP contribution in [0.3, 0.4) is 0 Å². The fourth-order valence-corrected chi connectivity index (χ4v) is 3.13. The number of carbonyl (C=O) groups excluding carboxylic acids is 1. The number of hydrogen-bond donors (Lipinski definition) is 1. The van der Waals surface area contributed by atoms with Gasteiger partial charge in [0.1, 0.15) is 0 Å². The molecule has 1 atom stereocenters. The number of rotatable bonds is 3. The molecule has 19 heavy (non-hydrogen) atoms. The molecule has 0 spiro atoms. The van der Waals surface area contributed by atoms with Gasteiger partial charge in [0.15, 0.2) is 0 Å². The van der Waals surface area contributed by atoms with E-state index in [1.54, 1.807) is 0 Å². The van der Waals surface area contributed by atoms with Crippen molar-refractivity contribution in [3.8, 4) is 0 Å². The first-order valence-electron chi connectivity index (χ1n) is 6.29. The first-order chi connectivity index (χ1) is 8.59. The maximum atomic E-state index is 12.4. The van der Waals surface area contributed by atoms with Crippen LogP contribution in [-0.2, 0) is 11.2 Å². The Bertz CT molecular complexity index is 405. The van der Waals surface area contributed by atoms with E-state index in [0.717, 1.165) is 30.2 Å². The van der Waals surface area contributed by atoms with Gasteiger partial charge in [0.2, 0.25) is 5.91 Å². The third kappa shape index (κ3) is 4.41. The highest BCUT2D eigenvalue weighted by Gasteiger charge is 2.33. The smallest absolute Gasteiger partial charge is 0.242 e. The number of benzene rings is 1. The summed E-state index contributed by atoms with van der Waals surface area (Å²) in [6.45, 7) is 3.49. The summed E-state index contributed by atoms with van der Waals surface area (Å²) in [6.07, 6.45) is 0.594. The van der Waals surface area contributed by atoms with Gasteiger partial charge >= 0.3 is 0 Å². The van der Waals surface area contributed by atoms with Crippen molar-refractivity contribution >= 4 is 30.1 Å². The van der Waals surface area contributed by atoms with Crippen LogP contribution in [0.1, 0.15) is 12.5 Å². The molecule has 0 aliphatic carbocycles. The van der Waals surface area contributed by atoms with Gasteiger partial charge in [0, 0.05) is 24.6 Å². The fourth-order valence-electron chi connectivity index (χ4n) is 2.22. The van der Waals surface area contributed by atoms with Crippen LogP contribution in [0.2, 0.25) is 0 Å². The molecule has 3 nitrogen and oxygen atoms in total. The Hall–Kier alpha value is -0.710. The van der Waals surface area contributed by atoms with E-state index in [2.05, 4.69) is 0 Å². The lowest BCUT2D eigenvalue weighted by Gasteiger charge is -2.34. The zero-order valence-corrected chi connectivity index (χ0v) is 12.8. The number of carbonyl (C=O) groups is 1. The van der Waals surface area contributed by atoms with Gasteiger partial charge in [0.05, 0.1) is 5.54 Å². The quantitative estimate of drug-likeness (QED) is 0.928. The molecule has 0 aromatic heterocycles. The number of hydrogen-bond acceptors (Lipinski definition) is 3. The van der Waals surface area contributed by atoms with Crippen LogP contribution in [0.5, 0.6) is 0 Å². The minimum atomic E-state index is -0.802. The molecule has 1 amide bonds. The fraction of sp³-hybridized carbons (Fsp3) is 0.500. The van der Waals surface area contributed by atoms with Crippen LogP contribution >= 0.6 is 24.2 Å². The van der Waals surface area contributed by atoms with Gasteiger partial charge in [-0.05, 0) is 18.9 Å². The average molecular weight is 301 g/mol. The second-order valence-electron chi connectivity index (χ2n) is 4.98. The van der Waals surface area contributed by atoms with Gasteiger partial charge in [-0.2, -0.15) is 11.8 Å². The van der Waals surface area contributed by atoms with E-state index in [1.807, 2.05) is 53.9 Å². The number of halogens is 1. The Labute approximate surface area is 125 Å². The van der Waals surface area contributed by atoms with E-state index >= 15 is 0 Å². The Morgan fingerprint density at radius 1 is 1.32 bits per heavy atom. The minimum Gasteiger partial charge on any atom is -0.339 e. The molecule has 0 radical (unpaired) electrons. The van der Waals surface area contributed by atoms with Gasteiger partial charge in [-0.3, -0.25) is 4.79 Å². The summed E-state index contributed by atoms with van der Waals surface area (Å²) in [5.41, 5.74) is 6.54. The summed E-state index contributed by atoms with van der Waals surface area (Å²) >= 11 is 1.90. The molecular weight excluding hydrogens is 280 g/mol. The van der Waals surface area contributed by atoms with E-state index < -0.39 is 5.54 Å². The molecule has 1 aliphatic heterocycles. The maximum Gasteiger partial charge on any atom is 0.242 e. The van der Waals surface area contributed by atoms with Crippen molar-refractivity contribution in [2.24, 2.45) is 5.73 Å². The summed E-state index contributed by atoms with van der Waals surface area (Å²) in [7, 11) is 0. The van der Waals surface area contributed by atoms with Crippen LogP contribution < -0.4 is 5.73 Å². The second kappa shape index (κ2) is 7.17. The first-order valence-corrected chi connectivity index (χ1v) is 7.45. The van der Waals surface area contributed by atoms with E-state index in [9.17, 15) is 4.79 Å². The summed E-state index contributed by atoms with van der Waals surface area (Å²) < 4.78 is 0. The molecular formula is C14H21ClN2OS. The molecule has 1 aromatic rings. The predicted molar refractivity (Wildman–Crippen MR) is 83.9 cm³/mol. The molecule has 1 aliphatic rings. The van der Waals surface area contributed by atoms with Crippen molar-refractivity contribution in [2.45, 2.75) is 18.9 Å². The van der Waals surface area contributed by atoms with Crippen molar-refractivity contribution in [3.05, 3.63) is 35.9 Å². The Balaban J connectivity index is 0.00000180. The second-order valence-corrected chi connectivity index (χ2v) is 6.21. The van der Waals surface area contributed by atoms with Crippen LogP contribution in [0.25, 0.3) is 0 Å². The zero-order valence-electron chi connectivity index (χ0n) is 11.2. The van der Waals surface area contributed by atoms with Gasteiger partial charge in [-0.15, -0.1) is 12.4 Å². The largest absolute Gasteiger partial charge is 0.339 e. The molecule has 5 heteroatoms. The summed E-state index contributed by atoms with van der Waals surface area (Å²) in [6, 6.07) is 9.97. The highest BCUT2D eigenvalue weighted by atomic mass is 35.5. The summed E-state index contributed by atoms with van der Waals surface area (Å²) in [5, 5.41) is 0. The van der Waals surface area contributed by atoms with Crippen LogP contribution in [-0.4, -0.2) is 40.9 Å². The maximum absolute atomic E-state index is 12.4. The normalized spacial score (nSPS) is 18.3. The molecule has 1 unspecified atom stereocenters. The van der Waals surface area contributed by atoms with Crippen LogP contribution in [0, 0.1) is 0 Å². The Morgan fingerprint density at radius 2 is 1.89 bits per heavy atom. The summed E-state index contributed by atoms with van der Waals surface area (Å²) in [5.74, 6) is 2.12.